The SMILES string of the molecule is CCOc1ccc(CC(C)NCCOc2cc(F)ccc2OC)cc1S(N)(=O)=O.Cl. The maximum atomic E-state index is 13.3. The van der Waals surface area contributed by atoms with Crippen molar-refractivity contribution in [2.75, 3.05) is 26.9 Å². The minimum Gasteiger partial charge on any atom is -0.493 e. The molecule has 0 saturated heterocycles. The van der Waals surface area contributed by atoms with Gasteiger partial charge in [-0.2, -0.15) is 0 Å². The molecule has 30 heavy (non-hydrogen) atoms. The molecule has 0 amide bonds. The van der Waals surface area contributed by atoms with Gasteiger partial charge < -0.3 is 19.5 Å². The maximum absolute atomic E-state index is 13.3. The summed E-state index contributed by atoms with van der Waals surface area (Å²) in [5.74, 6) is 0.649. The van der Waals surface area contributed by atoms with Crippen LogP contribution in [0.25, 0.3) is 0 Å². The molecule has 2 aromatic rings. The average molecular weight is 463 g/mol. The van der Waals surface area contributed by atoms with Gasteiger partial charge in [-0.15, -0.1) is 12.4 Å². The number of rotatable bonds is 11. The average Bonchev–Trinajstić information content (AvgIpc) is 2.66. The molecule has 10 heteroatoms. The Hall–Kier alpha value is -2.07. The Kier molecular flexibility index (Phi) is 10.3. The largest absolute Gasteiger partial charge is 0.493 e. The molecule has 1 atom stereocenters. The van der Waals surface area contributed by atoms with Gasteiger partial charge in [0.05, 0.1) is 13.7 Å². The number of hydrogen-bond donors (Lipinski definition) is 2. The summed E-state index contributed by atoms with van der Waals surface area (Å²) in [5, 5.41) is 8.58. The fourth-order valence-corrected chi connectivity index (χ4v) is 3.55. The van der Waals surface area contributed by atoms with E-state index in [0.717, 1.165) is 5.56 Å². The van der Waals surface area contributed by atoms with Crippen molar-refractivity contribution in [3.05, 3.63) is 47.8 Å². The summed E-state index contributed by atoms with van der Waals surface area (Å²) < 4.78 is 53.0. The molecule has 0 aliphatic rings. The molecular weight excluding hydrogens is 435 g/mol. The molecule has 0 bridgehead atoms. The van der Waals surface area contributed by atoms with Crippen molar-refractivity contribution in [3.63, 3.8) is 0 Å². The van der Waals surface area contributed by atoms with Gasteiger partial charge in [0, 0.05) is 18.7 Å². The number of sulfonamides is 1. The van der Waals surface area contributed by atoms with E-state index in [1.165, 1.54) is 31.4 Å². The first-order chi connectivity index (χ1) is 13.7. The van der Waals surface area contributed by atoms with Crippen molar-refractivity contribution >= 4 is 22.4 Å². The smallest absolute Gasteiger partial charge is 0.241 e. The van der Waals surface area contributed by atoms with Crippen molar-refractivity contribution in [3.8, 4) is 17.2 Å². The zero-order chi connectivity index (χ0) is 21.4. The number of primary sulfonamides is 1. The molecule has 2 aromatic carbocycles. The number of nitrogens with two attached hydrogens (primary N) is 1. The van der Waals surface area contributed by atoms with E-state index < -0.39 is 15.8 Å². The Morgan fingerprint density at radius 3 is 2.43 bits per heavy atom. The van der Waals surface area contributed by atoms with Gasteiger partial charge in [0.1, 0.15) is 23.1 Å². The molecule has 0 fully saturated rings. The highest BCUT2D eigenvalue weighted by atomic mass is 35.5. The van der Waals surface area contributed by atoms with Crippen LogP contribution in [0.15, 0.2) is 41.3 Å². The Bertz CT molecular complexity index is 927. The van der Waals surface area contributed by atoms with Gasteiger partial charge in [-0.1, -0.05) is 6.07 Å². The number of ether oxygens (including phenoxy) is 3. The Morgan fingerprint density at radius 1 is 1.10 bits per heavy atom. The van der Waals surface area contributed by atoms with Crippen LogP contribution in [0.5, 0.6) is 17.2 Å². The Morgan fingerprint density at radius 2 is 1.80 bits per heavy atom. The minimum absolute atomic E-state index is 0. The highest BCUT2D eigenvalue weighted by Crippen LogP contribution is 2.27. The normalized spacial score (nSPS) is 12.0. The monoisotopic (exact) mass is 462 g/mol. The minimum atomic E-state index is -3.88. The molecule has 0 spiro atoms. The number of benzene rings is 2. The lowest BCUT2D eigenvalue weighted by Gasteiger charge is -2.16. The zero-order valence-electron chi connectivity index (χ0n) is 17.2. The second-order valence-corrected chi connectivity index (χ2v) is 7.99. The van der Waals surface area contributed by atoms with E-state index in [0.29, 0.717) is 37.7 Å². The molecule has 2 rings (SSSR count). The fraction of sp³-hybridized carbons (Fsp3) is 0.400. The first kappa shape index (κ1) is 26.0. The van der Waals surface area contributed by atoms with Crippen LogP contribution in [0.3, 0.4) is 0 Å². The van der Waals surface area contributed by atoms with Gasteiger partial charge in [0.15, 0.2) is 11.5 Å². The van der Waals surface area contributed by atoms with Crippen molar-refractivity contribution in [2.45, 2.75) is 31.2 Å². The summed E-state index contributed by atoms with van der Waals surface area (Å²) in [5.41, 5.74) is 0.810. The summed E-state index contributed by atoms with van der Waals surface area (Å²) in [6, 6.07) is 9.09. The molecule has 7 nitrogen and oxygen atoms in total. The van der Waals surface area contributed by atoms with E-state index in [4.69, 9.17) is 19.3 Å². The molecule has 1 unspecified atom stereocenters. The van der Waals surface area contributed by atoms with Gasteiger partial charge in [-0.05, 0) is 50.1 Å². The fourth-order valence-electron chi connectivity index (χ4n) is 2.83. The lowest BCUT2D eigenvalue weighted by Crippen LogP contribution is -2.32. The van der Waals surface area contributed by atoms with Gasteiger partial charge in [-0.3, -0.25) is 0 Å². The van der Waals surface area contributed by atoms with Crippen LogP contribution < -0.4 is 24.7 Å². The van der Waals surface area contributed by atoms with Crippen molar-refractivity contribution < 1.29 is 27.0 Å². The molecule has 0 heterocycles. The van der Waals surface area contributed by atoms with Crippen LogP contribution >= 0.6 is 12.4 Å². The molecule has 0 aromatic heterocycles. The third kappa shape index (κ3) is 7.64. The van der Waals surface area contributed by atoms with Crippen molar-refractivity contribution in [1.29, 1.82) is 0 Å². The Balaban J connectivity index is 0.00000450. The quantitative estimate of drug-likeness (QED) is 0.498. The highest BCUT2D eigenvalue weighted by Gasteiger charge is 2.17. The highest BCUT2D eigenvalue weighted by molar-refractivity contribution is 7.89. The van der Waals surface area contributed by atoms with Crippen LogP contribution in [0.4, 0.5) is 4.39 Å². The predicted molar refractivity (Wildman–Crippen MR) is 116 cm³/mol. The lowest BCUT2D eigenvalue weighted by atomic mass is 10.1. The molecule has 0 radical (unpaired) electrons. The van der Waals surface area contributed by atoms with Gasteiger partial charge in [0.25, 0.3) is 0 Å². The third-order valence-corrected chi connectivity index (χ3v) is 5.07. The number of halogens is 2. The molecular formula is C20H28ClFN2O5S. The third-order valence-electron chi connectivity index (χ3n) is 4.13. The summed E-state index contributed by atoms with van der Waals surface area (Å²) >= 11 is 0. The Labute approximate surface area is 183 Å². The van der Waals surface area contributed by atoms with E-state index >= 15 is 0 Å². The van der Waals surface area contributed by atoms with E-state index in [2.05, 4.69) is 5.32 Å². The van der Waals surface area contributed by atoms with Crippen molar-refractivity contribution in [1.82, 2.24) is 5.32 Å². The second-order valence-electron chi connectivity index (χ2n) is 6.46. The predicted octanol–water partition coefficient (Wildman–Crippen LogP) is 2.90. The topological polar surface area (TPSA) is 99.9 Å². The number of nitrogens with one attached hydrogen (secondary N) is 1. The van der Waals surface area contributed by atoms with E-state index in [9.17, 15) is 12.8 Å². The van der Waals surface area contributed by atoms with E-state index in [-0.39, 0.29) is 29.1 Å². The number of methoxy groups -OCH3 is 1. The molecule has 0 aliphatic carbocycles. The first-order valence-electron chi connectivity index (χ1n) is 9.22. The summed E-state index contributed by atoms with van der Waals surface area (Å²) in [4.78, 5) is -0.0226. The van der Waals surface area contributed by atoms with Crippen LogP contribution in [0, 0.1) is 5.82 Å². The zero-order valence-corrected chi connectivity index (χ0v) is 18.8. The molecule has 0 saturated carbocycles. The first-order valence-corrected chi connectivity index (χ1v) is 10.8. The van der Waals surface area contributed by atoms with Crippen LogP contribution in [0.2, 0.25) is 0 Å². The molecule has 168 valence electrons. The lowest BCUT2D eigenvalue weighted by molar-refractivity contribution is 0.285. The maximum Gasteiger partial charge on any atom is 0.241 e. The van der Waals surface area contributed by atoms with Crippen molar-refractivity contribution in [2.24, 2.45) is 5.14 Å². The standard InChI is InChI=1S/C20H27FN2O5S.ClH/c1-4-27-18-7-5-15(12-20(18)29(22,24)25)11-14(2)23-9-10-28-19-13-16(21)6-8-17(19)26-3;/h5-8,12-14,23H,4,9-11H2,1-3H3,(H2,22,24,25);1H. The van der Waals surface area contributed by atoms with Crippen LogP contribution in [0.1, 0.15) is 19.4 Å². The van der Waals surface area contributed by atoms with Gasteiger partial charge >= 0.3 is 0 Å². The number of hydrogen-bond acceptors (Lipinski definition) is 6. The second kappa shape index (κ2) is 11.9. The summed E-state index contributed by atoms with van der Waals surface area (Å²) in [7, 11) is -2.39. The van der Waals surface area contributed by atoms with E-state index in [1.54, 1.807) is 13.0 Å². The summed E-state index contributed by atoms with van der Waals surface area (Å²) in [6.07, 6.45) is 0.582. The summed E-state index contributed by atoms with van der Waals surface area (Å²) in [6.45, 7) is 4.91. The van der Waals surface area contributed by atoms with Crippen LogP contribution in [-0.2, 0) is 16.4 Å². The van der Waals surface area contributed by atoms with Gasteiger partial charge in [-0.25, -0.2) is 17.9 Å². The van der Waals surface area contributed by atoms with E-state index in [1.807, 2.05) is 13.0 Å². The molecule has 0 aliphatic heterocycles. The van der Waals surface area contributed by atoms with Crippen LogP contribution in [-0.4, -0.2) is 41.3 Å². The molecule has 3 N–H and O–H groups in total. The van der Waals surface area contributed by atoms with Gasteiger partial charge in [0.2, 0.25) is 10.0 Å².